The minimum Gasteiger partial charge on any atom is -0.336 e. The number of amides is 1. The lowest BCUT2D eigenvalue weighted by molar-refractivity contribution is 0.0940. The second-order valence-electron chi connectivity index (χ2n) is 10.6. The van der Waals surface area contributed by atoms with Gasteiger partial charge in [0.05, 0.1) is 12.9 Å². The lowest BCUT2D eigenvalue weighted by Gasteiger charge is -2.31. The monoisotopic (exact) mass is 498 g/mol. The summed E-state index contributed by atoms with van der Waals surface area (Å²) in [6, 6.07) is 7.56. The van der Waals surface area contributed by atoms with E-state index >= 15 is 0 Å². The lowest BCUT2D eigenvalue weighted by atomic mass is 9.90. The molecule has 0 unspecified atom stereocenters. The first-order valence-electron chi connectivity index (χ1n) is 12.5. The van der Waals surface area contributed by atoms with Crippen molar-refractivity contribution < 1.29 is 4.79 Å². The molecule has 5 heterocycles. The Hall–Kier alpha value is -4.18. The van der Waals surface area contributed by atoms with E-state index in [2.05, 4.69) is 50.4 Å². The molecule has 190 valence electrons. The number of aromatic nitrogens is 5. The zero-order valence-corrected chi connectivity index (χ0v) is 21.4. The summed E-state index contributed by atoms with van der Waals surface area (Å²) in [5, 5.41) is 11.4. The van der Waals surface area contributed by atoms with Crippen LogP contribution < -0.4 is 21.3 Å². The average Bonchev–Trinajstić information content (AvgIpc) is 3.57. The van der Waals surface area contributed by atoms with Crippen molar-refractivity contribution in [3.63, 3.8) is 0 Å². The second kappa shape index (κ2) is 8.45. The molecule has 1 aliphatic carbocycles. The quantitative estimate of drug-likeness (QED) is 0.388. The fourth-order valence-corrected chi connectivity index (χ4v) is 5.61. The summed E-state index contributed by atoms with van der Waals surface area (Å²) in [5.41, 5.74) is 9.68. The number of hydrogen-bond acceptors (Lipinski definition) is 6. The molecule has 2 aliphatic rings. The molecule has 0 radical (unpaired) electrons. The van der Waals surface area contributed by atoms with Crippen LogP contribution in [0.4, 0.5) is 17.3 Å². The highest BCUT2D eigenvalue weighted by Gasteiger charge is 2.37. The van der Waals surface area contributed by atoms with Gasteiger partial charge in [0.2, 0.25) is 0 Å². The summed E-state index contributed by atoms with van der Waals surface area (Å²) >= 11 is 0. The van der Waals surface area contributed by atoms with E-state index in [1.807, 2.05) is 25.3 Å². The van der Waals surface area contributed by atoms with Crippen LogP contribution in [0.1, 0.15) is 48.1 Å². The van der Waals surface area contributed by atoms with Gasteiger partial charge in [-0.05, 0) is 54.0 Å². The van der Waals surface area contributed by atoms with Gasteiger partial charge in [-0.3, -0.25) is 14.7 Å². The maximum Gasteiger partial charge on any atom is 0.290 e. The first-order valence-corrected chi connectivity index (χ1v) is 12.5. The van der Waals surface area contributed by atoms with E-state index in [9.17, 15) is 9.59 Å². The SMILES string of the molecule is CCc1c(-c2cc(Nc3ccn[nH]3)c(=O)n(C)c2)ccnc1N1NCn2c(cc3c2CC(C)(C)C3)C1=O. The Labute approximate surface area is 214 Å². The topological polar surface area (TPSA) is 113 Å². The number of aryl methyl sites for hydroxylation is 1. The van der Waals surface area contributed by atoms with E-state index in [1.54, 1.807) is 35.1 Å². The van der Waals surface area contributed by atoms with Crippen molar-refractivity contribution in [1.29, 1.82) is 0 Å². The summed E-state index contributed by atoms with van der Waals surface area (Å²) < 4.78 is 3.66. The van der Waals surface area contributed by atoms with Gasteiger partial charge in [0, 0.05) is 42.3 Å². The van der Waals surface area contributed by atoms with Crippen LogP contribution in [0.15, 0.2) is 47.7 Å². The maximum absolute atomic E-state index is 13.7. The fourth-order valence-electron chi connectivity index (χ4n) is 5.61. The number of carbonyl (C=O) groups excluding carboxylic acids is 1. The van der Waals surface area contributed by atoms with Crippen LogP contribution in [0, 0.1) is 5.41 Å². The zero-order chi connectivity index (χ0) is 25.9. The Morgan fingerprint density at radius 2 is 1.97 bits per heavy atom. The van der Waals surface area contributed by atoms with Crippen LogP contribution in [0.5, 0.6) is 0 Å². The molecule has 0 atom stereocenters. The molecule has 0 aromatic carbocycles. The Kier molecular flexibility index (Phi) is 5.30. The minimum atomic E-state index is -0.157. The second-order valence-corrected chi connectivity index (χ2v) is 10.6. The number of fused-ring (bicyclic) bond motifs is 3. The van der Waals surface area contributed by atoms with Crippen LogP contribution in [0.2, 0.25) is 0 Å². The van der Waals surface area contributed by atoms with Crippen molar-refractivity contribution in [3.8, 4) is 11.1 Å². The molecule has 37 heavy (non-hydrogen) atoms. The highest BCUT2D eigenvalue weighted by molar-refractivity contribution is 6.05. The van der Waals surface area contributed by atoms with Gasteiger partial charge in [-0.25, -0.2) is 15.4 Å². The Bertz CT molecular complexity index is 1580. The molecule has 3 N–H and O–H groups in total. The molecule has 10 heteroatoms. The predicted octanol–water partition coefficient (Wildman–Crippen LogP) is 3.53. The molecular weight excluding hydrogens is 468 g/mol. The number of pyridine rings is 2. The third-order valence-corrected chi connectivity index (χ3v) is 7.29. The van der Waals surface area contributed by atoms with Gasteiger partial charge >= 0.3 is 0 Å². The van der Waals surface area contributed by atoms with E-state index in [0.29, 0.717) is 36.1 Å². The first kappa shape index (κ1) is 23.2. The molecule has 1 aliphatic heterocycles. The molecule has 1 amide bonds. The fraction of sp³-hybridized carbons (Fsp3) is 0.333. The summed E-state index contributed by atoms with van der Waals surface area (Å²) in [7, 11) is 1.72. The Morgan fingerprint density at radius 3 is 2.73 bits per heavy atom. The van der Waals surface area contributed by atoms with E-state index in [4.69, 9.17) is 0 Å². The zero-order valence-electron chi connectivity index (χ0n) is 21.4. The van der Waals surface area contributed by atoms with Gasteiger partial charge in [0.25, 0.3) is 11.5 Å². The normalized spacial score (nSPS) is 16.1. The molecule has 4 aromatic rings. The van der Waals surface area contributed by atoms with Crippen LogP contribution in [0.25, 0.3) is 11.1 Å². The van der Waals surface area contributed by atoms with Gasteiger partial charge < -0.3 is 14.5 Å². The Morgan fingerprint density at radius 1 is 1.14 bits per heavy atom. The number of nitrogens with zero attached hydrogens (tertiary/aromatic N) is 5. The smallest absolute Gasteiger partial charge is 0.290 e. The molecule has 0 spiro atoms. The number of aromatic amines is 1. The van der Waals surface area contributed by atoms with Gasteiger partial charge in [-0.1, -0.05) is 20.8 Å². The molecular formula is C27H30N8O2. The van der Waals surface area contributed by atoms with Crippen molar-refractivity contribution >= 4 is 23.2 Å². The standard InChI is InChI=1S/C27H30N8O2/c1-5-18-19(17-10-20(25(36)33(4)14-17)31-23-7-9-29-32-23)6-8-28-24(18)35-26(37)21-11-16-12-27(2,3)13-22(16)34(21)15-30-35/h6-11,14,30H,5,12-13,15H2,1-4H3,(H2,29,31,32). The van der Waals surface area contributed by atoms with Crippen molar-refractivity contribution in [1.82, 2.24) is 29.7 Å². The van der Waals surface area contributed by atoms with Gasteiger partial charge in [0.1, 0.15) is 17.2 Å². The average molecular weight is 499 g/mol. The van der Waals surface area contributed by atoms with Gasteiger partial charge in [0.15, 0.2) is 5.82 Å². The van der Waals surface area contributed by atoms with Crippen molar-refractivity contribution in [2.75, 3.05) is 10.3 Å². The first-order chi connectivity index (χ1) is 17.8. The van der Waals surface area contributed by atoms with Crippen LogP contribution in [0.3, 0.4) is 0 Å². The summed E-state index contributed by atoms with van der Waals surface area (Å²) in [4.78, 5) is 31.1. The molecule has 6 rings (SSSR count). The number of hydrazine groups is 1. The van der Waals surface area contributed by atoms with E-state index < -0.39 is 0 Å². The predicted molar refractivity (Wildman–Crippen MR) is 142 cm³/mol. The summed E-state index contributed by atoms with van der Waals surface area (Å²) in [5.74, 6) is 1.09. The van der Waals surface area contributed by atoms with Crippen molar-refractivity contribution in [2.45, 2.75) is 46.7 Å². The molecule has 10 nitrogen and oxygen atoms in total. The highest BCUT2D eigenvalue weighted by Crippen LogP contribution is 2.39. The Balaban J connectivity index is 1.39. The van der Waals surface area contributed by atoms with Crippen molar-refractivity contribution in [2.24, 2.45) is 12.5 Å². The molecule has 0 fully saturated rings. The molecule has 4 aromatic heterocycles. The number of anilines is 3. The van der Waals surface area contributed by atoms with Crippen LogP contribution in [-0.4, -0.2) is 30.2 Å². The number of hydrogen-bond donors (Lipinski definition) is 3. The minimum absolute atomic E-state index is 0.111. The number of H-pyrrole nitrogens is 1. The lowest BCUT2D eigenvalue weighted by Crippen LogP contribution is -2.50. The maximum atomic E-state index is 13.7. The van der Waals surface area contributed by atoms with Crippen LogP contribution in [-0.2, 0) is 33.0 Å². The number of carbonyl (C=O) groups is 1. The number of rotatable bonds is 5. The van der Waals surface area contributed by atoms with Gasteiger partial charge in [-0.2, -0.15) is 5.10 Å². The molecule has 0 saturated heterocycles. The summed E-state index contributed by atoms with van der Waals surface area (Å²) in [6.07, 6.45) is 7.74. The largest absolute Gasteiger partial charge is 0.336 e. The third kappa shape index (κ3) is 3.84. The van der Waals surface area contributed by atoms with E-state index in [1.165, 1.54) is 11.3 Å². The van der Waals surface area contributed by atoms with Crippen LogP contribution >= 0.6 is 0 Å². The third-order valence-electron chi connectivity index (χ3n) is 7.29. The van der Waals surface area contributed by atoms with E-state index in [-0.39, 0.29) is 16.9 Å². The highest BCUT2D eigenvalue weighted by atomic mass is 16.2. The molecule has 0 bridgehead atoms. The summed E-state index contributed by atoms with van der Waals surface area (Å²) in [6.45, 7) is 7.09. The van der Waals surface area contributed by atoms with Crippen molar-refractivity contribution in [3.05, 3.63) is 75.7 Å². The van der Waals surface area contributed by atoms with Gasteiger partial charge in [-0.15, -0.1) is 0 Å². The number of nitrogens with one attached hydrogen (secondary N) is 3. The molecule has 0 saturated carbocycles. The van der Waals surface area contributed by atoms with E-state index in [0.717, 1.165) is 29.5 Å².